The maximum Gasteiger partial charge on any atom is 0.330 e. The molecule has 2 atom stereocenters. The van der Waals surface area contributed by atoms with Gasteiger partial charge in [-0.2, -0.15) is 0 Å². The quantitative estimate of drug-likeness (QED) is 0.521. The molecule has 1 aliphatic heterocycles. The summed E-state index contributed by atoms with van der Waals surface area (Å²) in [5.74, 6) is -2.07. The van der Waals surface area contributed by atoms with Crippen molar-refractivity contribution in [1.29, 1.82) is 0 Å². The van der Waals surface area contributed by atoms with Crippen LogP contribution in [-0.4, -0.2) is 47.3 Å². The number of benzene rings is 2. The van der Waals surface area contributed by atoms with E-state index in [1.54, 1.807) is 36.4 Å². The lowest BCUT2D eigenvalue weighted by atomic mass is 10.0. The summed E-state index contributed by atoms with van der Waals surface area (Å²) in [6.07, 6.45) is -0.967. The predicted molar refractivity (Wildman–Crippen MR) is 114 cm³/mol. The molecule has 0 fully saturated rings. The van der Waals surface area contributed by atoms with Gasteiger partial charge in [-0.05, 0) is 30.5 Å². The van der Waals surface area contributed by atoms with E-state index in [0.29, 0.717) is 6.54 Å². The number of carbonyl (C=O) groups is 4. The van der Waals surface area contributed by atoms with E-state index in [1.807, 2.05) is 32.0 Å². The summed E-state index contributed by atoms with van der Waals surface area (Å²) in [5, 5.41) is 2.71. The Kier molecular flexibility index (Phi) is 6.84. The maximum absolute atomic E-state index is 13.1. The summed E-state index contributed by atoms with van der Waals surface area (Å²) in [6.45, 7) is 5.83. The molecule has 162 valence electrons. The second-order valence-electron chi connectivity index (χ2n) is 7.95. The molecule has 31 heavy (non-hydrogen) atoms. The van der Waals surface area contributed by atoms with Crippen LogP contribution in [0.25, 0.3) is 0 Å². The van der Waals surface area contributed by atoms with Crippen LogP contribution >= 0.6 is 0 Å². The summed E-state index contributed by atoms with van der Waals surface area (Å²) in [4.78, 5) is 52.2. The van der Waals surface area contributed by atoms with E-state index in [-0.39, 0.29) is 23.5 Å². The molecular weight excluding hydrogens is 396 g/mol. The van der Waals surface area contributed by atoms with Gasteiger partial charge in [0.15, 0.2) is 6.10 Å². The number of rotatable bonds is 8. The Morgan fingerprint density at radius 3 is 2.00 bits per heavy atom. The molecule has 0 aromatic heterocycles. The van der Waals surface area contributed by atoms with Gasteiger partial charge in [0.2, 0.25) is 0 Å². The third-order valence-corrected chi connectivity index (χ3v) is 5.03. The highest BCUT2D eigenvalue weighted by molar-refractivity contribution is 6.22. The second kappa shape index (κ2) is 9.55. The zero-order valence-corrected chi connectivity index (χ0v) is 17.8. The van der Waals surface area contributed by atoms with Crippen LogP contribution in [0, 0.1) is 5.92 Å². The van der Waals surface area contributed by atoms with Gasteiger partial charge in [-0.1, -0.05) is 56.3 Å². The lowest BCUT2D eigenvalue weighted by Crippen LogP contribution is -2.49. The number of nitrogens with zero attached hydrogens (tertiary/aromatic N) is 1. The molecule has 1 N–H and O–H groups in total. The Labute approximate surface area is 181 Å². The number of esters is 1. The molecule has 0 spiro atoms. The number of hydrogen-bond donors (Lipinski definition) is 1. The average molecular weight is 422 g/mol. The van der Waals surface area contributed by atoms with Gasteiger partial charge in [-0.25, -0.2) is 4.79 Å². The van der Waals surface area contributed by atoms with Crippen molar-refractivity contribution in [3.05, 3.63) is 71.3 Å². The fraction of sp³-hybridized carbons (Fsp3) is 0.333. The van der Waals surface area contributed by atoms with Crippen LogP contribution in [-0.2, 0) is 20.7 Å². The zero-order chi connectivity index (χ0) is 22.5. The molecule has 7 heteroatoms. The van der Waals surface area contributed by atoms with Gasteiger partial charge in [0.1, 0.15) is 6.04 Å². The van der Waals surface area contributed by atoms with E-state index in [2.05, 4.69) is 5.32 Å². The van der Waals surface area contributed by atoms with Crippen LogP contribution in [0.2, 0.25) is 0 Å². The van der Waals surface area contributed by atoms with Crippen molar-refractivity contribution in [3.63, 3.8) is 0 Å². The third-order valence-electron chi connectivity index (χ3n) is 5.03. The zero-order valence-electron chi connectivity index (χ0n) is 17.8. The van der Waals surface area contributed by atoms with Crippen molar-refractivity contribution in [2.45, 2.75) is 39.3 Å². The van der Waals surface area contributed by atoms with Gasteiger partial charge in [0, 0.05) is 13.0 Å². The van der Waals surface area contributed by atoms with E-state index in [9.17, 15) is 19.2 Å². The number of fused-ring (bicyclic) bond motifs is 1. The first-order chi connectivity index (χ1) is 14.8. The summed E-state index contributed by atoms with van der Waals surface area (Å²) in [6, 6.07) is 14.3. The standard InChI is InChI=1S/C24H26N2O5/c1-15(2)14-25-21(27)16(3)31-24(30)20(13-17-9-5-4-6-10-17)26-22(28)18-11-7-8-12-19(18)23(26)29/h4-12,15-16,20H,13-14H2,1-3H3,(H,25,27)/t16-,20+/m1/s1. The Morgan fingerprint density at radius 1 is 0.903 bits per heavy atom. The van der Waals surface area contributed by atoms with E-state index >= 15 is 0 Å². The molecule has 0 unspecified atom stereocenters. The highest BCUT2D eigenvalue weighted by Gasteiger charge is 2.43. The molecule has 1 aliphatic rings. The van der Waals surface area contributed by atoms with E-state index in [0.717, 1.165) is 10.5 Å². The molecule has 0 saturated carbocycles. The average Bonchev–Trinajstić information content (AvgIpc) is 3.01. The Hall–Kier alpha value is -3.48. The first-order valence-corrected chi connectivity index (χ1v) is 10.3. The van der Waals surface area contributed by atoms with Gasteiger partial charge >= 0.3 is 5.97 Å². The molecule has 2 aromatic carbocycles. The van der Waals surface area contributed by atoms with Crippen molar-refractivity contribution in [2.24, 2.45) is 5.92 Å². The van der Waals surface area contributed by atoms with Gasteiger partial charge in [-0.3, -0.25) is 19.3 Å². The minimum atomic E-state index is -1.19. The smallest absolute Gasteiger partial charge is 0.330 e. The number of carbonyl (C=O) groups excluding carboxylic acids is 4. The summed E-state index contributed by atoms with van der Waals surface area (Å²) in [5.41, 5.74) is 1.26. The first kappa shape index (κ1) is 22.2. The number of imide groups is 1. The summed E-state index contributed by atoms with van der Waals surface area (Å²) in [7, 11) is 0. The fourth-order valence-electron chi connectivity index (χ4n) is 3.36. The lowest BCUT2D eigenvalue weighted by molar-refractivity contribution is -0.158. The lowest BCUT2D eigenvalue weighted by Gasteiger charge is -2.26. The van der Waals surface area contributed by atoms with Crippen LogP contribution < -0.4 is 5.32 Å². The van der Waals surface area contributed by atoms with Crippen LogP contribution in [0.3, 0.4) is 0 Å². The first-order valence-electron chi connectivity index (χ1n) is 10.3. The summed E-state index contributed by atoms with van der Waals surface area (Å²) < 4.78 is 5.39. The van der Waals surface area contributed by atoms with Crippen LogP contribution in [0.4, 0.5) is 0 Å². The number of amides is 3. The number of hydrogen-bond acceptors (Lipinski definition) is 5. The third kappa shape index (κ3) is 4.99. The topological polar surface area (TPSA) is 92.8 Å². The van der Waals surface area contributed by atoms with Crippen molar-refractivity contribution in [3.8, 4) is 0 Å². The molecule has 2 aromatic rings. The molecule has 0 radical (unpaired) electrons. The summed E-state index contributed by atoms with van der Waals surface area (Å²) >= 11 is 0. The molecule has 0 aliphatic carbocycles. The minimum absolute atomic E-state index is 0.0888. The van der Waals surface area contributed by atoms with E-state index < -0.39 is 35.8 Å². The molecule has 3 amide bonds. The maximum atomic E-state index is 13.1. The predicted octanol–water partition coefficient (Wildman–Crippen LogP) is 2.60. The highest BCUT2D eigenvalue weighted by atomic mass is 16.5. The normalized spacial score (nSPS) is 14.9. The molecule has 1 heterocycles. The molecule has 0 saturated heterocycles. The molecule has 7 nitrogen and oxygen atoms in total. The molecule has 0 bridgehead atoms. The minimum Gasteiger partial charge on any atom is -0.451 e. The number of ether oxygens (including phenoxy) is 1. The highest BCUT2D eigenvalue weighted by Crippen LogP contribution is 2.26. The molecule has 3 rings (SSSR count). The Bertz CT molecular complexity index is 951. The fourth-order valence-corrected chi connectivity index (χ4v) is 3.36. The van der Waals surface area contributed by atoms with Crippen molar-refractivity contribution in [1.82, 2.24) is 10.2 Å². The monoisotopic (exact) mass is 422 g/mol. The largest absolute Gasteiger partial charge is 0.451 e. The van der Waals surface area contributed by atoms with Crippen LogP contribution in [0.1, 0.15) is 47.1 Å². The van der Waals surface area contributed by atoms with Crippen molar-refractivity contribution >= 4 is 23.7 Å². The number of nitrogens with one attached hydrogen (secondary N) is 1. The molecular formula is C24H26N2O5. The second-order valence-corrected chi connectivity index (χ2v) is 7.95. The Morgan fingerprint density at radius 2 is 1.45 bits per heavy atom. The van der Waals surface area contributed by atoms with Crippen molar-refractivity contribution in [2.75, 3.05) is 6.54 Å². The van der Waals surface area contributed by atoms with Gasteiger partial charge in [0.05, 0.1) is 11.1 Å². The SMILES string of the molecule is CC(C)CNC(=O)[C@@H](C)OC(=O)[C@H](Cc1ccccc1)N1C(=O)c2ccccc2C1=O. The van der Waals surface area contributed by atoms with Crippen LogP contribution in [0.5, 0.6) is 0 Å². The van der Waals surface area contributed by atoms with Gasteiger partial charge in [0.25, 0.3) is 17.7 Å². The van der Waals surface area contributed by atoms with E-state index in [4.69, 9.17) is 4.74 Å². The van der Waals surface area contributed by atoms with Crippen LogP contribution in [0.15, 0.2) is 54.6 Å². The van der Waals surface area contributed by atoms with Crippen molar-refractivity contribution < 1.29 is 23.9 Å². The Balaban J connectivity index is 1.84. The van der Waals surface area contributed by atoms with E-state index in [1.165, 1.54) is 6.92 Å². The van der Waals surface area contributed by atoms with Gasteiger partial charge in [-0.15, -0.1) is 0 Å². The van der Waals surface area contributed by atoms with Gasteiger partial charge < -0.3 is 10.1 Å².